The van der Waals surface area contributed by atoms with Gasteiger partial charge in [0.25, 0.3) is 0 Å². The van der Waals surface area contributed by atoms with Gasteiger partial charge in [-0.25, -0.2) is 0 Å². The molecule has 0 spiro atoms. The first-order valence-electron chi connectivity index (χ1n) is 4.23. The molecule has 0 fully saturated rings. The van der Waals surface area contributed by atoms with Gasteiger partial charge in [0.1, 0.15) is 0 Å². The Kier molecular flexibility index (Phi) is 14.7. The maximum absolute atomic E-state index is 5.37. The largest absolute Gasteiger partial charge is 0.269 e. The number of nitrogens with two attached hydrogens (primary N) is 1. The van der Waals surface area contributed by atoms with Gasteiger partial charge >= 0.3 is 0 Å². The molecule has 2 N–H and O–H groups in total. The van der Waals surface area contributed by atoms with Gasteiger partial charge in [0.05, 0.1) is 0 Å². The van der Waals surface area contributed by atoms with E-state index >= 15 is 0 Å². The molecule has 0 saturated heterocycles. The molecule has 10 heavy (non-hydrogen) atoms. The molecule has 0 aromatic heterocycles. The fraction of sp³-hybridized carbons (Fsp3) is 1.00. The monoisotopic (exact) mass is 146 g/mol. The van der Waals surface area contributed by atoms with Crippen LogP contribution >= 0.6 is 0 Å². The van der Waals surface area contributed by atoms with Gasteiger partial charge in [-0.2, -0.15) is 0 Å². The van der Waals surface area contributed by atoms with Crippen LogP contribution < -0.4 is 5.84 Å². The summed E-state index contributed by atoms with van der Waals surface area (Å²) >= 11 is 0. The molecule has 0 aliphatic rings. The van der Waals surface area contributed by atoms with E-state index in [9.17, 15) is 0 Å². The first-order valence-corrected chi connectivity index (χ1v) is 4.23. The van der Waals surface area contributed by atoms with Crippen molar-refractivity contribution in [3.05, 3.63) is 0 Å². The van der Waals surface area contributed by atoms with Crippen molar-refractivity contribution in [1.29, 1.82) is 0 Å². The zero-order valence-electron chi connectivity index (χ0n) is 7.85. The molecule has 0 aliphatic carbocycles. The Hall–Kier alpha value is -0.0800. The van der Waals surface area contributed by atoms with Crippen LogP contribution in [0.4, 0.5) is 0 Å². The molecule has 2 nitrogen and oxygen atoms in total. The van der Waals surface area contributed by atoms with Crippen LogP contribution in [0.2, 0.25) is 0 Å². The third-order valence-corrected chi connectivity index (χ3v) is 1.11. The second-order valence-corrected chi connectivity index (χ2v) is 2.19. The van der Waals surface area contributed by atoms with Gasteiger partial charge in [0, 0.05) is 13.6 Å². The molecule has 0 bridgehead atoms. The van der Waals surface area contributed by atoms with E-state index < -0.39 is 0 Å². The van der Waals surface area contributed by atoms with E-state index in [-0.39, 0.29) is 0 Å². The Morgan fingerprint density at radius 2 is 1.70 bits per heavy atom. The lowest BCUT2D eigenvalue weighted by Gasteiger charge is -2.06. The van der Waals surface area contributed by atoms with Crippen molar-refractivity contribution in [3.8, 4) is 0 Å². The third-order valence-electron chi connectivity index (χ3n) is 1.11. The standard InChI is InChI=1S/C6H16N2.C2H6/c1-3-4-5-6-8(2)7;1-2/h3-7H2,1-2H3;1-2H3. The predicted octanol–water partition coefficient (Wildman–Crippen LogP) is 2.01. The molecular weight excluding hydrogens is 124 g/mol. The maximum Gasteiger partial charge on any atom is 0.0125 e. The van der Waals surface area contributed by atoms with Crippen LogP contribution in [0.3, 0.4) is 0 Å². The zero-order chi connectivity index (χ0) is 8.41. The number of nitrogens with zero attached hydrogens (tertiary/aromatic N) is 1. The maximum atomic E-state index is 5.37. The van der Waals surface area contributed by atoms with Gasteiger partial charge in [-0.1, -0.05) is 33.6 Å². The summed E-state index contributed by atoms with van der Waals surface area (Å²) in [6.45, 7) is 7.21. The van der Waals surface area contributed by atoms with Crippen LogP contribution in [-0.4, -0.2) is 18.6 Å². The van der Waals surface area contributed by atoms with E-state index in [1.54, 1.807) is 5.01 Å². The van der Waals surface area contributed by atoms with Gasteiger partial charge in [0.15, 0.2) is 0 Å². The molecular formula is C8H22N2. The van der Waals surface area contributed by atoms with Crippen molar-refractivity contribution < 1.29 is 0 Å². The molecule has 64 valence electrons. The highest BCUT2D eigenvalue weighted by molar-refractivity contribution is 4.40. The summed E-state index contributed by atoms with van der Waals surface area (Å²) in [5, 5.41) is 1.73. The lowest BCUT2D eigenvalue weighted by molar-refractivity contribution is 0.339. The predicted molar refractivity (Wildman–Crippen MR) is 47.7 cm³/mol. The Morgan fingerprint density at radius 3 is 2.00 bits per heavy atom. The summed E-state index contributed by atoms with van der Waals surface area (Å²) < 4.78 is 0. The zero-order valence-corrected chi connectivity index (χ0v) is 7.85. The first kappa shape index (κ1) is 12.6. The van der Waals surface area contributed by atoms with Gasteiger partial charge in [0.2, 0.25) is 0 Å². The number of hydrogen-bond acceptors (Lipinski definition) is 2. The lowest BCUT2D eigenvalue weighted by atomic mass is 10.2. The van der Waals surface area contributed by atoms with Crippen molar-refractivity contribution in [3.63, 3.8) is 0 Å². The Bertz CT molecular complexity index is 44.5. The topological polar surface area (TPSA) is 29.3 Å². The average molecular weight is 146 g/mol. The number of hydrogen-bond donors (Lipinski definition) is 1. The highest BCUT2D eigenvalue weighted by atomic mass is 15.4. The van der Waals surface area contributed by atoms with E-state index in [0.717, 1.165) is 6.54 Å². The van der Waals surface area contributed by atoms with Gasteiger partial charge < -0.3 is 0 Å². The van der Waals surface area contributed by atoms with Crippen molar-refractivity contribution in [2.24, 2.45) is 5.84 Å². The van der Waals surface area contributed by atoms with Crippen LogP contribution in [0.25, 0.3) is 0 Å². The minimum absolute atomic E-state index is 1.02. The van der Waals surface area contributed by atoms with Gasteiger partial charge in [-0.3, -0.25) is 10.9 Å². The molecule has 0 amide bonds. The average Bonchev–Trinajstić information content (AvgIpc) is 1.92. The van der Waals surface area contributed by atoms with Crippen molar-refractivity contribution in [1.82, 2.24) is 5.01 Å². The molecule has 0 unspecified atom stereocenters. The summed E-state index contributed by atoms with van der Waals surface area (Å²) in [5.41, 5.74) is 0. The van der Waals surface area contributed by atoms with Crippen LogP contribution in [0.5, 0.6) is 0 Å². The van der Waals surface area contributed by atoms with Crippen LogP contribution in [0.15, 0.2) is 0 Å². The lowest BCUT2D eigenvalue weighted by Crippen LogP contribution is -2.26. The van der Waals surface area contributed by atoms with E-state index in [0.29, 0.717) is 0 Å². The molecule has 0 atom stereocenters. The molecule has 0 aromatic rings. The fourth-order valence-electron chi connectivity index (χ4n) is 0.611. The second kappa shape index (κ2) is 11.7. The minimum Gasteiger partial charge on any atom is -0.269 e. The molecule has 0 aromatic carbocycles. The third kappa shape index (κ3) is 15.7. The quantitative estimate of drug-likeness (QED) is 0.373. The van der Waals surface area contributed by atoms with E-state index in [1.807, 2.05) is 20.9 Å². The van der Waals surface area contributed by atoms with Crippen LogP contribution in [-0.2, 0) is 0 Å². The molecule has 0 radical (unpaired) electrons. The van der Waals surface area contributed by atoms with E-state index in [4.69, 9.17) is 5.84 Å². The van der Waals surface area contributed by atoms with Crippen LogP contribution in [0, 0.1) is 0 Å². The van der Waals surface area contributed by atoms with Crippen LogP contribution in [0.1, 0.15) is 40.0 Å². The Morgan fingerprint density at radius 1 is 1.20 bits per heavy atom. The SMILES string of the molecule is CC.CCCCCN(C)N. The Labute approximate surface area is 65.4 Å². The van der Waals surface area contributed by atoms with Crippen molar-refractivity contribution >= 4 is 0 Å². The first-order chi connectivity index (χ1) is 4.77. The smallest absolute Gasteiger partial charge is 0.0125 e. The molecule has 0 aliphatic heterocycles. The second-order valence-electron chi connectivity index (χ2n) is 2.19. The number of unbranched alkanes of at least 4 members (excludes halogenated alkanes) is 2. The molecule has 0 saturated carbocycles. The summed E-state index contributed by atoms with van der Waals surface area (Å²) in [6, 6.07) is 0. The highest BCUT2D eigenvalue weighted by Gasteiger charge is 1.86. The fourth-order valence-corrected chi connectivity index (χ4v) is 0.611. The summed E-state index contributed by atoms with van der Waals surface area (Å²) in [5.74, 6) is 5.37. The number of hydrazine groups is 1. The summed E-state index contributed by atoms with van der Waals surface area (Å²) in [4.78, 5) is 0. The van der Waals surface area contributed by atoms with Crippen molar-refractivity contribution in [2.45, 2.75) is 40.0 Å². The normalized spacial score (nSPS) is 9.00. The van der Waals surface area contributed by atoms with E-state index in [2.05, 4.69) is 6.92 Å². The summed E-state index contributed by atoms with van der Waals surface area (Å²) in [6.07, 6.45) is 3.79. The summed E-state index contributed by atoms with van der Waals surface area (Å²) in [7, 11) is 1.90. The number of rotatable bonds is 4. The molecule has 0 heterocycles. The minimum atomic E-state index is 1.02. The molecule has 0 rings (SSSR count). The van der Waals surface area contributed by atoms with Gasteiger partial charge in [-0.05, 0) is 6.42 Å². The molecule has 2 heteroatoms. The van der Waals surface area contributed by atoms with Gasteiger partial charge in [-0.15, -0.1) is 0 Å². The van der Waals surface area contributed by atoms with Crippen molar-refractivity contribution in [2.75, 3.05) is 13.6 Å². The Balaban J connectivity index is 0. The highest BCUT2D eigenvalue weighted by Crippen LogP contribution is 1.92. The van der Waals surface area contributed by atoms with E-state index in [1.165, 1.54) is 19.3 Å².